The lowest BCUT2D eigenvalue weighted by molar-refractivity contribution is 0.0513. The Balaban J connectivity index is 1.42. The topological polar surface area (TPSA) is 69.4 Å². The van der Waals surface area contributed by atoms with Crippen LogP contribution < -0.4 is 0 Å². The normalized spacial score (nSPS) is 18.3. The van der Waals surface area contributed by atoms with Gasteiger partial charge >= 0.3 is 6.09 Å². The van der Waals surface area contributed by atoms with E-state index in [4.69, 9.17) is 4.74 Å². The maximum Gasteiger partial charge on any atom is 0.435 e. The number of fused-ring (bicyclic) bond motifs is 2. The summed E-state index contributed by atoms with van der Waals surface area (Å²) in [6.45, 7) is 7.61. The third-order valence-corrected chi connectivity index (χ3v) is 6.63. The number of aryl methyl sites for hydroxylation is 3. The Morgan fingerprint density at radius 2 is 1.88 bits per heavy atom. The fraction of sp³-hybridized carbons (Fsp3) is 0.500. The molecule has 1 amide bonds. The number of amides is 1. The van der Waals surface area contributed by atoms with E-state index in [9.17, 15) is 9.59 Å². The van der Waals surface area contributed by atoms with Gasteiger partial charge in [0, 0.05) is 48.0 Å². The van der Waals surface area contributed by atoms with E-state index in [1.165, 1.54) is 4.68 Å². The molecule has 33 heavy (non-hydrogen) atoms. The van der Waals surface area contributed by atoms with Gasteiger partial charge in [-0.05, 0) is 83.1 Å². The van der Waals surface area contributed by atoms with Crippen molar-refractivity contribution in [3.05, 3.63) is 53.0 Å². The highest BCUT2D eigenvalue weighted by atomic mass is 16.6. The predicted molar refractivity (Wildman–Crippen MR) is 127 cm³/mol. The van der Waals surface area contributed by atoms with E-state index in [1.807, 2.05) is 40.0 Å². The molecule has 7 nitrogen and oxygen atoms in total. The molecular formula is C26H32N4O3. The lowest BCUT2D eigenvalue weighted by Gasteiger charge is -2.34. The van der Waals surface area contributed by atoms with E-state index >= 15 is 0 Å². The van der Waals surface area contributed by atoms with Crippen molar-refractivity contribution in [3.63, 3.8) is 0 Å². The van der Waals surface area contributed by atoms with Crippen molar-refractivity contribution < 1.29 is 14.3 Å². The zero-order chi connectivity index (χ0) is 23.5. The average molecular weight is 449 g/mol. The summed E-state index contributed by atoms with van der Waals surface area (Å²) in [5, 5.41) is 5.53. The van der Waals surface area contributed by atoms with E-state index in [0.29, 0.717) is 12.5 Å². The summed E-state index contributed by atoms with van der Waals surface area (Å²) in [7, 11) is 2.02. The van der Waals surface area contributed by atoms with Crippen LogP contribution in [0.3, 0.4) is 0 Å². The summed E-state index contributed by atoms with van der Waals surface area (Å²) in [4.78, 5) is 28.5. The maximum atomic E-state index is 13.9. The quantitative estimate of drug-likeness (QED) is 0.586. The highest BCUT2D eigenvalue weighted by Gasteiger charge is 2.40. The monoisotopic (exact) mass is 448 g/mol. The van der Waals surface area contributed by atoms with Crippen LogP contribution in [0.1, 0.15) is 67.2 Å². The first kappa shape index (κ1) is 21.7. The van der Waals surface area contributed by atoms with Crippen molar-refractivity contribution in [3.8, 4) is 0 Å². The van der Waals surface area contributed by atoms with Gasteiger partial charge in [0.05, 0.1) is 5.69 Å². The highest BCUT2D eigenvalue weighted by molar-refractivity contribution is 6.08. The first-order chi connectivity index (χ1) is 15.6. The maximum absolute atomic E-state index is 13.9. The number of hydrogen-bond donors (Lipinski definition) is 0. The second-order valence-electron chi connectivity index (χ2n) is 10.5. The van der Waals surface area contributed by atoms with Gasteiger partial charge < -0.3 is 14.2 Å². The fourth-order valence-corrected chi connectivity index (χ4v) is 5.10. The SMILES string of the molecule is Cc1cn(C)c2cccc(C(=O)N(C3CC3)C3CCc4nn(C(=O)OC(C)(C)C)cc4C3)c12. The zero-order valence-corrected chi connectivity index (χ0v) is 20.1. The number of rotatable bonds is 3. The lowest BCUT2D eigenvalue weighted by atomic mass is 9.91. The summed E-state index contributed by atoms with van der Waals surface area (Å²) in [5.41, 5.74) is 4.38. The van der Waals surface area contributed by atoms with Crippen LogP contribution in [0.4, 0.5) is 4.79 Å². The molecule has 0 aliphatic heterocycles. The molecule has 2 aromatic heterocycles. The minimum absolute atomic E-state index is 0.105. The van der Waals surface area contributed by atoms with E-state index in [1.54, 1.807) is 6.20 Å². The number of nitrogens with zero attached hydrogens (tertiary/aromatic N) is 4. The number of benzene rings is 1. The first-order valence-electron chi connectivity index (χ1n) is 11.8. The molecule has 174 valence electrons. The summed E-state index contributed by atoms with van der Waals surface area (Å²) in [5.74, 6) is 0.116. The Morgan fingerprint density at radius 3 is 2.58 bits per heavy atom. The van der Waals surface area contributed by atoms with Crippen molar-refractivity contribution >= 4 is 22.9 Å². The average Bonchev–Trinajstić information content (AvgIpc) is 3.40. The van der Waals surface area contributed by atoms with Gasteiger partial charge in [-0.25, -0.2) is 4.79 Å². The summed E-state index contributed by atoms with van der Waals surface area (Å²) < 4.78 is 8.87. The smallest absolute Gasteiger partial charge is 0.435 e. The van der Waals surface area contributed by atoms with Gasteiger partial charge in [0.2, 0.25) is 0 Å². The van der Waals surface area contributed by atoms with Gasteiger partial charge in [-0.3, -0.25) is 4.79 Å². The Labute approximate surface area is 194 Å². The van der Waals surface area contributed by atoms with Crippen molar-refractivity contribution in [2.24, 2.45) is 7.05 Å². The van der Waals surface area contributed by atoms with Crippen molar-refractivity contribution in [1.29, 1.82) is 0 Å². The van der Waals surface area contributed by atoms with E-state index in [2.05, 4.69) is 33.8 Å². The van der Waals surface area contributed by atoms with Gasteiger partial charge in [-0.2, -0.15) is 9.78 Å². The Bertz CT molecular complexity index is 1240. The second kappa shape index (κ2) is 7.75. The summed E-state index contributed by atoms with van der Waals surface area (Å²) in [6, 6.07) is 6.40. The molecule has 0 N–H and O–H groups in total. The Hall–Kier alpha value is -3.09. The van der Waals surface area contributed by atoms with Crippen LogP contribution in [-0.2, 0) is 24.6 Å². The van der Waals surface area contributed by atoms with E-state index in [0.717, 1.165) is 59.0 Å². The van der Waals surface area contributed by atoms with Crippen LogP contribution in [0.5, 0.6) is 0 Å². The molecule has 0 bridgehead atoms. The molecule has 5 rings (SSSR count). The molecule has 0 radical (unpaired) electrons. The fourth-order valence-electron chi connectivity index (χ4n) is 5.10. The van der Waals surface area contributed by atoms with Gasteiger partial charge in [0.25, 0.3) is 5.91 Å². The lowest BCUT2D eigenvalue weighted by Crippen LogP contribution is -2.44. The van der Waals surface area contributed by atoms with Crippen molar-refractivity contribution in [1.82, 2.24) is 19.2 Å². The van der Waals surface area contributed by atoms with Crippen molar-refractivity contribution in [2.45, 2.75) is 77.5 Å². The van der Waals surface area contributed by atoms with E-state index in [-0.39, 0.29) is 11.9 Å². The molecule has 1 atom stereocenters. The van der Waals surface area contributed by atoms with Crippen LogP contribution >= 0.6 is 0 Å². The molecule has 0 spiro atoms. The second-order valence-corrected chi connectivity index (χ2v) is 10.5. The van der Waals surface area contributed by atoms with Crippen LogP contribution in [-0.4, -0.2) is 48.9 Å². The molecule has 2 aliphatic carbocycles. The largest absolute Gasteiger partial charge is 0.442 e. The summed E-state index contributed by atoms with van der Waals surface area (Å²) >= 11 is 0. The number of carbonyl (C=O) groups is 2. The molecule has 2 aliphatic rings. The molecular weight excluding hydrogens is 416 g/mol. The molecule has 1 unspecified atom stereocenters. The third-order valence-electron chi connectivity index (χ3n) is 6.63. The van der Waals surface area contributed by atoms with Crippen LogP contribution in [0.15, 0.2) is 30.6 Å². The Morgan fingerprint density at radius 1 is 1.12 bits per heavy atom. The van der Waals surface area contributed by atoms with E-state index < -0.39 is 11.7 Å². The first-order valence-corrected chi connectivity index (χ1v) is 11.8. The molecule has 0 saturated heterocycles. The van der Waals surface area contributed by atoms with Crippen LogP contribution in [0, 0.1) is 6.92 Å². The third kappa shape index (κ3) is 4.05. The van der Waals surface area contributed by atoms with Crippen molar-refractivity contribution in [2.75, 3.05) is 0 Å². The molecule has 7 heteroatoms. The number of ether oxygens (including phenoxy) is 1. The molecule has 2 heterocycles. The number of aromatic nitrogens is 3. The van der Waals surface area contributed by atoms with Crippen LogP contribution in [0.25, 0.3) is 10.9 Å². The Kier molecular flexibility index (Phi) is 5.10. The van der Waals surface area contributed by atoms with Gasteiger partial charge in [-0.15, -0.1) is 0 Å². The van der Waals surface area contributed by atoms with Gasteiger partial charge in [0.15, 0.2) is 0 Å². The number of hydrogen-bond acceptors (Lipinski definition) is 4. The minimum atomic E-state index is -0.572. The van der Waals surface area contributed by atoms with Crippen LogP contribution in [0.2, 0.25) is 0 Å². The van der Waals surface area contributed by atoms with Gasteiger partial charge in [-0.1, -0.05) is 6.07 Å². The zero-order valence-electron chi connectivity index (χ0n) is 20.1. The minimum Gasteiger partial charge on any atom is -0.442 e. The van der Waals surface area contributed by atoms with Gasteiger partial charge in [0.1, 0.15) is 5.60 Å². The predicted octanol–water partition coefficient (Wildman–Crippen LogP) is 4.63. The standard InChI is InChI=1S/C26H32N4O3/c1-16-14-28(5)22-8-6-7-20(23(16)22)24(31)30(18-9-10-18)19-11-12-21-17(13-19)15-29(27-21)25(32)33-26(2,3)4/h6-8,14-15,18-19H,9-13H2,1-5H3. The molecule has 3 aromatic rings. The molecule has 1 aromatic carbocycles. The highest BCUT2D eigenvalue weighted by Crippen LogP contribution is 2.36. The number of carbonyl (C=O) groups excluding carboxylic acids is 2. The molecule has 1 fully saturated rings. The molecule has 1 saturated carbocycles. The summed E-state index contributed by atoms with van der Waals surface area (Å²) in [6.07, 6.45) is 7.82.